The Kier molecular flexibility index (Phi) is 4.53. The van der Waals surface area contributed by atoms with E-state index in [0.29, 0.717) is 22.4 Å². The molecule has 0 N–H and O–H groups in total. The van der Waals surface area contributed by atoms with Crippen molar-refractivity contribution in [3.63, 3.8) is 0 Å². The average Bonchev–Trinajstić information content (AvgIpc) is 2.98. The largest absolute Gasteiger partial charge is 0.341 e. The smallest absolute Gasteiger partial charge is 0.210 e. The van der Waals surface area contributed by atoms with E-state index in [1.165, 1.54) is 5.56 Å². The number of benzene rings is 2. The Labute approximate surface area is 159 Å². The van der Waals surface area contributed by atoms with Gasteiger partial charge in [-0.15, -0.1) is 0 Å². The Morgan fingerprint density at radius 3 is 2.11 bits per heavy atom. The minimum Gasteiger partial charge on any atom is -0.341 e. The predicted octanol–water partition coefficient (Wildman–Crippen LogP) is 4.77. The first-order valence-electron chi connectivity index (χ1n) is 9.57. The molecule has 4 rings (SSSR count). The highest BCUT2D eigenvalue weighted by Crippen LogP contribution is 2.34. The highest BCUT2D eigenvalue weighted by Gasteiger charge is 2.36. The molecule has 0 unspecified atom stereocenters. The maximum absolute atomic E-state index is 13.3. The zero-order valence-electron chi connectivity index (χ0n) is 15.8. The monoisotopic (exact) mass is 357 g/mol. The van der Waals surface area contributed by atoms with Crippen LogP contribution in [0.5, 0.6) is 0 Å². The summed E-state index contributed by atoms with van der Waals surface area (Å²) in [7, 11) is 0. The van der Waals surface area contributed by atoms with Gasteiger partial charge in [-0.2, -0.15) is 0 Å². The van der Waals surface area contributed by atoms with Crippen molar-refractivity contribution in [1.82, 2.24) is 4.57 Å². The van der Waals surface area contributed by atoms with Crippen molar-refractivity contribution < 1.29 is 9.59 Å². The summed E-state index contributed by atoms with van der Waals surface area (Å²) in [6.45, 7) is 4.89. The van der Waals surface area contributed by atoms with Crippen molar-refractivity contribution in [1.29, 1.82) is 0 Å². The number of carbonyl (C=O) groups is 2. The van der Waals surface area contributed by atoms with Crippen molar-refractivity contribution in [2.24, 2.45) is 0 Å². The molecule has 0 saturated heterocycles. The Hall–Kier alpha value is -2.94. The molecule has 1 heterocycles. The molecule has 0 aliphatic heterocycles. The first kappa shape index (κ1) is 17.5. The van der Waals surface area contributed by atoms with E-state index in [0.717, 1.165) is 37.1 Å². The molecule has 1 aliphatic carbocycles. The molecule has 3 heteroatoms. The number of aryl methyl sites for hydroxylation is 1. The lowest BCUT2D eigenvalue weighted by Gasteiger charge is -2.17. The van der Waals surface area contributed by atoms with E-state index in [-0.39, 0.29) is 11.6 Å². The fourth-order valence-corrected chi connectivity index (χ4v) is 4.13. The maximum Gasteiger partial charge on any atom is 0.210 e. The van der Waals surface area contributed by atoms with Crippen LogP contribution in [-0.4, -0.2) is 16.1 Å². The summed E-state index contributed by atoms with van der Waals surface area (Å²) < 4.78 is 2.06. The van der Waals surface area contributed by atoms with Crippen LogP contribution in [-0.2, 0) is 19.4 Å². The molecule has 0 fully saturated rings. The topological polar surface area (TPSA) is 39.1 Å². The van der Waals surface area contributed by atoms with E-state index >= 15 is 0 Å². The Bertz CT molecular complexity index is 1030. The van der Waals surface area contributed by atoms with E-state index in [2.05, 4.69) is 23.6 Å². The Balaban J connectivity index is 1.83. The van der Waals surface area contributed by atoms with Crippen LogP contribution in [0.15, 0.2) is 54.6 Å². The first-order chi connectivity index (χ1) is 13.1. The van der Waals surface area contributed by atoms with Gasteiger partial charge in [-0.05, 0) is 37.3 Å². The molecule has 2 aromatic carbocycles. The zero-order valence-corrected chi connectivity index (χ0v) is 15.8. The molecule has 3 aromatic rings. The van der Waals surface area contributed by atoms with Crippen LogP contribution in [0, 0.1) is 6.92 Å². The lowest BCUT2D eigenvalue weighted by molar-refractivity contribution is 0.0973. The number of nitrogens with zero attached hydrogens (tertiary/aromatic N) is 1. The number of ketones is 2. The van der Waals surface area contributed by atoms with Gasteiger partial charge in [0.1, 0.15) is 5.69 Å². The molecule has 1 aromatic heterocycles. The molecule has 136 valence electrons. The predicted molar refractivity (Wildman–Crippen MR) is 107 cm³/mol. The molecule has 0 atom stereocenters. The van der Waals surface area contributed by atoms with Gasteiger partial charge in [0.25, 0.3) is 0 Å². The van der Waals surface area contributed by atoms with Gasteiger partial charge in [-0.3, -0.25) is 9.59 Å². The standard InChI is InChI=1S/C24H23NO2/c1-3-15-25-16(2)18(14-13-17-9-5-4-6-10-17)21-22(25)24(27)20-12-8-7-11-19(20)23(21)26/h4-12H,3,13-15H2,1-2H3. The van der Waals surface area contributed by atoms with E-state index in [4.69, 9.17) is 0 Å². The summed E-state index contributed by atoms with van der Waals surface area (Å²) in [6.07, 6.45) is 2.53. The highest BCUT2D eigenvalue weighted by atomic mass is 16.1. The van der Waals surface area contributed by atoms with Crippen molar-refractivity contribution in [3.05, 3.63) is 93.8 Å². The summed E-state index contributed by atoms with van der Waals surface area (Å²) in [5, 5.41) is 0. The normalized spacial score (nSPS) is 12.8. The maximum atomic E-state index is 13.3. The van der Waals surface area contributed by atoms with E-state index in [9.17, 15) is 9.59 Å². The Morgan fingerprint density at radius 1 is 0.815 bits per heavy atom. The summed E-state index contributed by atoms with van der Waals surface area (Å²) in [6, 6.07) is 17.5. The van der Waals surface area contributed by atoms with Gasteiger partial charge in [0, 0.05) is 23.4 Å². The number of carbonyl (C=O) groups excluding carboxylic acids is 2. The number of rotatable bonds is 5. The molecular weight excluding hydrogens is 334 g/mol. The summed E-state index contributed by atoms with van der Waals surface area (Å²) in [5.74, 6) is -0.0380. The lowest BCUT2D eigenvalue weighted by Crippen LogP contribution is -2.23. The molecule has 1 aliphatic rings. The summed E-state index contributed by atoms with van der Waals surface area (Å²) in [4.78, 5) is 26.5. The minimum atomic E-state index is -0.0253. The lowest BCUT2D eigenvalue weighted by atomic mass is 9.85. The average molecular weight is 357 g/mol. The van der Waals surface area contributed by atoms with Crippen molar-refractivity contribution in [2.75, 3.05) is 0 Å². The van der Waals surface area contributed by atoms with Gasteiger partial charge in [0.2, 0.25) is 5.78 Å². The SMILES string of the molecule is CCCn1c(C)c(CCc2ccccc2)c2c1C(=O)c1ccccc1C2=O. The number of aromatic nitrogens is 1. The summed E-state index contributed by atoms with van der Waals surface area (Å²) >= 11 is 0. The van der Waals surface area contributed by atoms with Gasteiger partial charge < -0.3 is 4.57 Å². The zero-order chi connectivity index (χ0) is 19.0. The van der Waals surface area contributed by atoms with E-state index in [1.54, 1.807) is 12.1 Å². The van der Waals surface area contributed by atoms with Crippen molar-refractivity contribution in [2.45, 2.75) is 39.7 Å². The molecule has 0 spiro atoms. The first-order valence-corrected chi connectivity index (χ1v) is 9.57. The van der Waals surface area contributed by atoms with Gasteiger partial charge in [0.05, 0.1) is 5.56 Å². The Morgan fingerprint density at radius 2 is 1.44 bits per heavy atom. The fourth-order valence-electron chi connectivity index (χ4n) is 4.13. The van der Waals surface area contributed by atoms with Crippen LogP contribution in [0.25, 0.3) is 0 Å². The third-order valence-electron chi connectivity index (χ3n) is 5.46. The number of fused-ring (bicyclic) bond motifs is 2. The summed E-state index contributed by atoms with van der Waals surface area (Å²) in [5.41, 5.74) is 5.58. The molecular formula is C24H23NO2. The van der Waals surface area contributed by atoms with Crippen LogP contribution in [0.2, 0.25) is 0 Å². The fraction of sp³-hybridized carbons (Fsp3) is 0.250. The molecule has 0 radical (unpaired) electrons. The molecule has 0 bridgehead atoms. The van der Waals surface area contributed by atoms with Crippen molar-refractivity contribution >= 4 is 11.6 Å². The van der Waals surface area contributed by atoms with Crippen molar-refractivity contribution in [3.8, 4) is 0 Å². The minimum absolute atomic E-state index is 0.0128. The second-order valence-electron chi connectivity index (χ2n) is 7.13. The van der Waals surface area contributed by atoms with Gasteiger partial charge in [-0.25, -0.2) is 0 Å². The van der Waals surface area contributed by atoms with Crippen LogP contribution < -0.4 is 0 Å². The molecule has 0 amide bonds. The molecule has 3 nitrogen and oxygen atoms in total. The third kappa shape index (κ3) is 2.84. The third-order valence-corrected chi connectivity index (χ3v) is 5.46. The van der Waals surface area contributed by atoms with E-state index < -0.39 is 0 Å². The molecule has 27 heavy (non-hydrogen) atoms. The van der Waals surface area contributed by atoms with Crippen LogP contribution in [0.3, 0.4) is 0 Å². The molecule has 0 saturated carbocycles. The number of hydrogen-bond donors (Lipinski definition) is 0. The van der Waals surface area contributed by atoms with Gasteiger partial charge >= 0.3 is 0 Å². The van der Waals surface area contributed by atoms with Crippen LogP contribution >= 0.6 is 0 Å². The second-order valence-corrected chi connectivity index (χ2v) is 7.13. The van der Waals surface area contributed by atoms with Gasteiger partial charge in [-0.1, -0.05) is 61.5 Å². The van der Waals surface area contributed by atoms with Gasteiger partial charge in [0.15, 0.2) is 5.78 Å². The van der Waals surface area contributed by atoms with Crippen LogP contribution in [0.4, 0.5) is 0 Å². The van der Waals surface area contributed by atoms with Crippen LogP contribution in [0.1, 0.15) is 62.1 Å². The van der Waals surface area contributed by atoms with E-state index in [1.807, 2.05) is 37.3 Å². The quantitative estimate of drug-likeness (QED) is 0.516. The second kappa shape index (κ2) is 6.99. The number of hydrogen-bond acceptors (Lipinski definition) is 2. The highest BCUT2D eigenvalue weighted by molar-refractivity contribution is 6.28.